The van der Waals surface area contributed by atoms with E-state index in [-0.39, 0.29) is 22.2 Å². The standard InChI is InChI=1S/C12H17ClN2O2/c1-12(2,3)11(14)7-8-4-5-9(13)10(6-8)15(16)17/h4-6,11H,7,14H2,1-3H3. The Bertz CT molecular complexity index is 427. The molecule has 1 unspecified atom stereocenters. The number of hydrogen-bond donors (Lipinski definition) is 1. The monoisotopic (exact) mass is 256 g/mol. The molecule has 0 aliphatic heterocycles. The minimum Gasteiger partial charge on any atom is -0.327 e. The van der Waals surface area contributed by atoms with Gasteiger partial charge in [0.25, 0.3) is 5.69 Å². The molecule has 1 aromatic rings. The van der Waals surface area contributed by atoms with Crippen molar-refractivity contribution in [2.24, 2.45) is 11.1 Å². The van der Waals surface area contributed by atoms with Gasteiger partial charge in [0, 0.05) is 12.1 Å². The van der Waals surface area contributed by atoms with Gasteiger partial charge in [0.2, 0.25) is 0 Å². The number of hydrogen-bond acceptors (Lipinski definition) is 3. The summed E-state index contributed by atoms with van der Waals surface area (Å²) in [6.45, 7) is 6.13. The van der Waals surface area contributed by atoms with E-state index in [1.165, 1.54) is 6.07 Å². The maximum atomic E-state index is 10.7. The molecule has 1 atom stereocenters. The first-order chi connectivity index (χ1) is 7.71. The molecule has 0 aliphatic rings. The molecule has 0 saturated heterocycles. The molecule has 4 nitrogen and oxygen atoms in total. The Balaban J connectivity index is 2.94. The molecule has 0 saturated carbocycles. The minimum absolute atomic E-state index is 0.0333. The summed E-state index contributed by atoms with van der Waals surface area (Å²) >= 11 is 5.74. The zero-order chi connectivity index (χ0) is 13.2. The van der Waals surface area contributed by atoms with E-state index in [4.69, 9.17) is 17.3 Å². The van der Waals surface area contributed by atoms with Crippen LogP contribution in [0.3, 0.4) is 0 Å². The zero-order valence-corrected chi connectivity index (χ0v) is 11.0. The van der Waals surface area contributed by atoms with Crippen molar-refractivity contribution < 1.29 is 4.92 Å². The number of rotatable bonds is 3. The van der Waals surface area contributed by atoms with E-state index >= 15 is 0 Å². The number of nitrogens with two attached hydrogens (primary N) is 1. The molecule has 5 heteroatoms. The Hall–Kier alpha value is -1.13. The van der Waals surface area contributed by atoms with Crippen LogP contribution >= 0.6 is 11.6 Å². The van der Waals surface area contributed by atoms with Crippen LogP contribution in [0.15, 0.2) is 18.2 Å². The Labute approximate surface area is 106 Å². The van der Waals surface area contributed by atoms with E-state index in [1.807, 2.05) is 20.8 Å². The third kappa shape index (κ3) is 3.68. The Morgan fingerprint density at radius 3 is 2.53 bits per heavy atom. The van der Waals surface area contributed by atoms with Gasteiger partial charge in [-0.1, -0.05) is 38.4 Å². The molecule has 1 rings (SSSR count). The second kappa shape index (κ2) is 5.02. The van der Waals surface area contributed by atoms with Crippen LogP contribution in [-0.4, -0.2) is 11.0 Å². The van der Waals surface area contributed by atoms with Crippen LogP contribution in [0.25, 0.3) is 0 Å². The van der Waals surface area contributed by atoms with Crippen LogP contribution in [0.1, 0.15) is 26.3 Å². The van der Waals surface area contributed by atoms with Gasteiger partial charge in [-0.3, -0.25) is 10.1 Å². The average molecular weight is 257 g/mol. The Morgan fingerprint density at radius 2 is 2.06 bits per heavy atom. The van der Waals surface area contributed by atoms with Gasteiger partial charge in [0.05, 0.1) is 4.92 Å². The second-order valence-electron chi connectivity index (χ2n) is 5.22. The van der Waals surface area contributed by atoms with E-state index in [1.54, 1.807) is 12.1 Å². The van der Waals surface area contributed by atoms with Crippen molar-refractivity contribution in [1.82, 2.24) is 0 Å². The normalized spacial score (nSPS) is 13.5. The molecule has 94 valence electrons. The van der Waals surface area contributed by atoms with E-state index < -0.39 is 4.92 Å². The van der Waals surface area contributed by atoms with Crippen LogP contribution < -0.4 is 5.73 Å². The van der Waals surface area contributed by atoms with Crippen molar-refractivity contribution in [3.8, 4) is 0 Å². The lowest BCUT2D eigenvalue weighted by molar-refractivity contribution is -0.384. The van der Waals surface area contributed by atoms with E-state index in [0.717, 1.165) is 5.56 Å². The summed E-state index contributed by atoms with van der Waals surface area (Å²) in [4.78, 5) is 10.3. The van der Waals surface area contributed by atoms with Crippen LogP contribution in [0.2, 0.25) is 5.02 Å². The van der Waals surface area contributed by atoms with Gasteiger partial charge in [-0.05, 0) is 23.5 Å². The smallest absolute Gasteiger partial charge is 0.288 e. The van der Waals surface area contributed by atoms with Crippen molar-refractivity contribution in [2.45, 2.75) is 33.2 Å². The lowest BCUT2D eigenvalue weighted by atomic mass is 9.84. The maximum Gasteiger partial charge on any atom is 0.288 e. The molecule has 0 fully saturated rings. The first kappa shape index (κ1) is 13.9. The number of nitro groups is 1. The predicted molar refractivity (Wildman–Crippen MR) is 69.2 cm³/mol. The summed E-state index contributed by atoms with van der Waals surface area (Å²) in [5.41, 5.74) is 6.78. The van der Waals surface area contributed by atoms with E-state index in [9.17, 15) is 10.1 Å². The molecule has 0 aliphatic carbocycles. The highest BCUT2D eigenvalue weighted by molar-refractivity contribution is 6.32. The largest absolute Gasteiger partial charge is 0.327 e. The number of halogens is 1. The molecule has 0 radical (unpaired) electrons. The molecule has 1 aromatic carbocycles. The number of nitrogens with zero attached hydrogens (tertiary/aromatic N) is 1. The van der Waals surface area contributed by atoms with Gasteiger partial charge >= 0.3 is 0 Å². The first-order valence-electron chi connectivity index (χ1n) is 5.40. The summed E-state index contributed by atoms with van der Waals surface area (Å²) in [6.07, 6.45) is 0.599. The molecular weight excluding hydrogens is 240 g/mol. The van der Waals surface area contributed by atoms with Crippen molar-refractivity contribution in [3.63, 3.8) is 0 Å². The maximum absolute atomic E-state index is 10.7. The number of nitro benzene ring substituents is 1. The molecule has 2 N–H and O–H groups in total. The lowest BCUT2D eigenvalue weighted by Crippen LogP contribution is -2.36. The Morgan fingerprint density at radius 1 is 1.47 bits per heavy atom. The van der Waals surface area contributed by atoms with Gasteiger partial charge in [0.15, 0.2) is 0 Å². The molecule has 0 amide bonds. The molecular formula is C12H17ClN2O2. The lowest BCUT2D eigenvalue weighted by Gasteiger charge is -2.27. The number of benzene rings is 1. The molecule has 0 heterocycles. The molecule has 0 bridgehead atoms. The van der Waals surface area contributed by atoms with E-state index in [0.29, 0.717) is 6.42 Å². The fourth-order valence-corrected chi connectivity index (χ4v) is 1.57. The summed E-state index contributed by atoms with van der Waals surface area (Å²) in [5, 5.41) is 10.9. The van der Waals surface area contributed by atoms with Gasteiger partial charge in [0.1, 0.15) is 5.02 Å². The van der Waals surface area contributed by atoms with Crippen molar-refractivity contribution >= 4 is 17.3 Å². The SMILES string of the molecule is CC(C)(C)C(N)Cc1ccc(Cl)c([N+](=O)[O-])c1. The molecule has 0 spiro atoms. The predicted octanol–water partition coefficient (Wildman–Crippen LogP) is 3.16. The molecule has 0 aromatic heterocycles. The summed E-state index contributed by atoms with van der Waals surface area (Å²) < 4.78 is 0. The summed E-state index contributed by atoms with van der Waals surface area (Å²) in [7, 11) is 0. The van der Waals surface area contributed by atoms with Crippen molar-refractivity contribution in [1.29, 1.82) is 0 Å². The fraction of sp³-hybridized carbons (Fsp3) is 0.500. The van der Waals surface area contributed by atoms with Gasteiger partial charge < -0.3 is 5.73 Å². The Kier molecular flexibility index (Phi) is 4.11. The third-order valence-corrected chi connectivity index (χ3v) is 3.09. The quantitative estimate of drug-likeness (QED) is 0.667. The highest BCUT2D eigenvalue weighted by Gasteiger charge is 2.22. The summed E-state index contributed by atoms with van der Waals surface area (Å²) in [6, 6.07) is 4.77. The van der Waals surface area contributed by atoms with Gasteiger partial charge in [-0.15, -0.1) is 0 Å². The topological polar surface area (TPSA) is 69.2 Å². The highest BCUT2D eigenvalue weighted by atomic mass is 35.5. The van der Waals surface area contributed by atoms with E-state index in [2.05, 4.69) is 0 Å². The van der Waals surface area contributed by atoms with Crippen LogP contribution in [0.4, 0.5) is 5.69 Å². The minimum atomic E-state index is -0.478. The average Bonchev–Trinajstić information content (AvgIpc) is 2.19. The zero-order valence-electron chi connectivity index (χ0n) is 10.2. The van der Waals surface area contributed by atoms with Crippen molar-refractivity contribution in [3.05, 3.63) is 38.9 Å². The van der Waals surface area contributed by atoms with Crippen molar-refractivity contribution in [2.75, 3.05) is 0 Å². The first-order valence-corrected chi connectivity index (χ1v) is 5.78. The van der Waals surface area contributed by atoms with Gasteiger partial charge in [-0.2, -0.15) is 0 Å². The second-order valence-corrected chi connectivity index (χ2v) is 5.63. The fourth-order valence-electron chi connectivity index (χ4n) is 1.39. The summed E-state index contributed by atoms with van der Waals surface area (Å²) in [5.74, 6) is 0. The third-order valence-electron chi connectivity index (χ3n) is 2.78. The van der Waals surface area contributed by atoms with Crippen LogP contribution in [0, 0.1) is 15.5 Å². The van der Waals surface area contributed by atoms with Crippen LogP contribution in [0.5, 0.6) is 0 Å². The molecule has 17 heavy (non-hydrogen) atoms. The van der Waals surface area contributed by atoms with Gasteiger partial charge in [-0.25, -0.2) is 0 Å². The highest BCUT2D eigenvalue weighted by Crippen LogP contribution is 2.27. The van der Waals surface area contributed by atoms with Crippen LogP contribution in [-0.2, 0) is 6.42 Å².